The predicted octanol–water partition coefficient (Wildman–Crippen LogP) is -0.240. The Labute approximate surface area is 73.4 Å². The second-order valence-electron chi connectivity index (χ2n) is 2.67. The van der Waals surface area contributed by atoms with Gasteiger partial charge in [0.05, 0.1) is 0 Å². The molecule has 1 rings (SSSR count). The van der Waals surface area contributed by atoms with Gasteiger partial charge in [-0.15, -0.1) is 0 Å². The van der Waals surface area contributed by atoms with Crippen molar-refractivity contribution in [2.75, 3.05) is 0 Å². The van der Waals surface area contributed by atoms with Gasteiger partial charge in [-0.1, -0.05) is 0 Å². The average molecular weight is 182 g/mol. The fraction of sp³-hybridized carbons (Fsp3) is 0.286. The van der Waals surface area contributed by atoms with Crippen LogP contribution in [0.2, 0.25) is 0 Å². The molecule has 0 bridgehead atoms. The number of carbonyl (C=O) groups is 1. The fourth-order valence-corrected chi connectivity index (χ4v) is 0.784. The lowest BCUT2D eigenvalue weighted by Crippen LogP contribution is -2.30. The number of nitro groups is 1. The molecule has 1 heterocycles. The van der Waals surface area contributed by atoms with E-state index in [1.54, 1.807) is 0 Å². The smallest absolute Gasteiger partial charge is 0.327 e. The third kappa shape index (κ3) is 1.59. The van der Waals surface area contributed by atoms with Gasteiger partial charge in [0, 0.05) is 6.08 Å². The number of carboxylic acids is 1. The zero-order valence-corrected chi connectivity index (χ0v) is 6.70. The summed E-state index contributed by atoms with van der Waals surface area (Å²) in [7, 11) is 0. The van der Waals surface area contributed by atoms with Crippen LogP contribution in [0.5, 0.6) is 0 Å². The largest absolute Gasteiger partial charge is 0.480 e. The first kappa shape index (κ1) is 9.06. The third-order valence-electron chi connectivity index (χ3n) is 1.58. The van der Waals surface area contributed by atoms with Gasteiger partial charge in [0.2, 0.25) is 0 Å². The topological polar surface area (TPSA) is 92.5 Å². The molecule has 0 spiro atoms. The number of nitrogens with one attached hydrogen (secondary N) is 1. The van der Waals surface area contributed by atoms with Crippen molar-refractivity contribution in [1.82, 2.24) is 5.32 Å². The summed E-state index contributed by atoms with van der Waals surface area (Å²) in [5, 5.41) is 21.1. The van der Waals surface area contributed by atoms with E-state index in [4.69, 9.17) is 5.11 Å². The quantitative estimate of drug-likeness (QED) is 0.349. The molecular weight excluding hydrogens is 176 g/mol. The molecule has 0 radical (unpaired) electrons. The summed E-state index contributed by atoms with van der Waals surface area (Å²) in [6.45, 7) is 1.30. The lowest BCUT2D eigenvalue weighted by molar-refractivity contribution is -0.431. The maximum Gasteiger partial charge on any atom is 0.327 e. The summed E-state index contributed by atoms with van der Waals surface area (Å²) in [4.78, 5) is 20.2. The van der Waals surface area contributed by atoms with E-state index in [1.807, 2.05) is 0 Å². The maximum atomic E-state index is 10.6. The molecule has 1 aliphatic rings. The Morgan fingerprint density at radius 3 is 2.92 bits per heavy atom. The van der Waals surface area contributed by atoms with Gasteiger partial charge in [-0.25, -0.2) is 0 Å². The highest BCUT2D eigenvalue weighted by Gasteiger charge is 2.34. The predicted molar refractivity (Wildman–Crippen MR) is 41.7 cm³/mol. The van der Waals surface area contributed by atoms with Crippen LogP contribution in [0.3, 0.4) is 0 Å². The van der Waals surface area contributed by atoms with Crippen molar-refractivity contribution in [2.45, 2.75) is 6.92 Å². The Kier molecular flexibility index (Phi) is 1.94. The Hall–Kier alpha value is -2.03. The minimum Gasteiger partial charge on any atom is -0.480 e. The second kappa shape index (κ2) is 2.79. The molecule has 0 saturated heterocycles. The summed E-state index contributed by atoms with van der Waals surface area (Å²) in [5.41, 5.74) is -1.48. The number of hydrogen-bond acceptors (Lipinski definition) is 4. The first-order chi connectivity index (χ1) is 5.96. The van der Waals surface area contributed by atoms with E-state index in [0.29, 0.717) is 0 Å². The van der Waals surface area contributed by atoms with Gasteiger partial charge in [0.25, 0.3) is 0 Å². The van der Waals surface area contributed by atoms with Crippen molar-refractivity contribution in [3.05, 3.63) is 22.0 Å². The first-order valence-electron chi connectivity index (χ1n) is 3.34. The van der Waals surface area contributed by atoms with Gasteiger partial charge in [0.1, 0.15) is 6.04 Å². The summed E-state index contributed by atoms with van der Waals surface area (Å²) in [5.74, 6) is 0.731. The molecule has 6 nitrogen and oxygen atoms in total. The SMILES string of the molecule is C[C@]1(C(=O)O)C#CNC([N+](=O)[O-])=C1. The normalized spacial score (nSPS) is 24.8. The number of rotatable bonds is 2. The van der Waals surface area contributed by atoms with E-state index in [9.17, 15) is 14.9 Å². The van der Waals surface area contributed by atoms with Crippen molar-refractivity contribution >= 4 is 5.97 Å². The van der Waals surface area contributed by atoms with Crippen molar-refractivity contribution in [3.8, 4) is 12.0 Å². The van der Waals surface area contributed by atoms with E-state index >= 15 is 0 Å². The van der Waals surface area contributed by atoms with Gasteiger partial charge in [-0.3, -0.25) is 4.79 Å². The first-order valence-corrected chi connectivity index (χ1v) is 3.34. The number of aliphatic carboxylic acids is 1. The van der Waals surface area contributed by atoms with Crippen LogP contribution >= 0.6 is 0 Å². The van der Waals surface area contributed by atoms with Crippen molar-refractivity contribution < 1.29 is 14.8 Å². The van der Waals surface area contributed by atoms with Crippen LogP contribution in [0.25, 0.3) is 0 Å². The Balaban J connectivity index is 3.07. The second-order valence-corrected chi connectivity index (χ2v) is 2.67. The molecule has 0 aliphatic carbocycles. The van der Waals surface area contributed by atoms with Crippen LogP contribution in [0.1, 0.15) is 6.92 Å². The third-order valence-corrected chi connectivity index (χ3v) is 1.58. The summed E-state index contributed by atoms with van der Waals surface area (Å²) in [6.07, 6.45) is 0.978. The lowest BCUT2D eigenvalue weighted by atomic mass is 9.90. The summed E-state index contributed by atoms with van der Waals surface area (Å²) in [6, 6.07) is 2.20. The molecule has 0 amide bonds. The zero-order chi connectivity index (χ0) is 10.1. The van der Waals surface area contributed by atoms with Gasteiger partial charge in [-0.2, -0.15) is 5.32 Å². The molecule has 2 N–H and O–H groups in total. The Morgan fingerprint density at radius 1 is 1.85 bits per heavy atom. The Bertz CT molecular complexity index is 362. The molecule has 0 saturated carbocycles. The molecule has 1 atom stereocenters. The molecule has 0 aromatic carbocycles. The Morgan fingerprint density at radius 2 is 2.46 bits per heavy atom. The van der Waals surface area contributed by atoms with Gasteiger partial charge in [-0.05, 0) is 17.8 Å². The van der Waals surface area contributed by atoms with Crippen LogP contribution in [-0.2, 0) is 4.79 Å². The van der Waals surface area contributed by atoms with Gasteiger partial charge < -0.3 is 15.2 Å². The molecule has 0 fully saturated rings. The average Bonchev–Trinajstić information content (AvgIpc) is 2.04. The number of carboxylic acid groups (broad SMARTS) is 1. The number of nitrogens with zero attached hydrogens (tertiary/aromatic N) is 1. The van der Waals surface area contributed by atoms with Crippen LogP contribution in [0.4, 0.5) is 0 Å². The van der Waals surface area contributed by atoms with Crippen LogP contribution in [-0.4, -0.2) is 16.0 Å². The van der Waals surface area contributed by atoms with E-state index in [2.05, 4.69) is 17.3 Å². The van der Waals surface area contributed by atoms with E-state index in [1.165, 1.54) is 6.92 Å². The van der Waals surface area contributed by atoms with Gasteiger partial charge in [0.15, 0.2) is 5.41 Å². The molecule has 0 aromatic rings. The maximum absolute atomic E-state index is 10.6. The molecule has 0 aromatic heterocycles. The molecule has 68 valence electrons. The fourth-order valence-electron chi connectivity index (χ4n) is 0.784. The van der Waals surface area contributed by atoms with E-state index < -0.39 is 22.1 Å². The monoisotopic (exact) mass is 182 g/mol. The highest BCUT2D eigenvalue weighted by Crippen LogP contribution is 2.20. The molecule has 13 heavy (non-hydrogen) atoms. The molecule has 1 aliphatic heterocycles. The molecular formula is C7H6N2O4. The van der Waals surface area contributed by atoms with Crippen molar-refractivity contribution in [2.24, 2.45) is 5.41 Å². The zero-order valence-electron chi connectivity index (χ0n) is 6.70. The summed E-state index contributed by atoms with van der Waals surface area (Å²) < 4.78 is 0. The number of hydrogen-bond donors (Lipinski definition) is 2. The van der Waals surface area contributed by atoms with E-state index in [-0.39, 0.29) is 0 Å². The minimum absolute atomic E-state index is 0.399. The van der Waals surface area contributed by atoms with Crippen molar-refractivity contribution in [1.29, 1.82) is 0 Å². The van der Waals surface area contributed by atoms with Crippen LogP contribution in [0, 0.1) is 27.5 Å². The van der Waals surface area contributed by atoms with Crippen molar-refractivity contribution in [3.63, 3.8) is 0 Å². The van der Waals surface area contributed by atoms with Gasteiger partial charge >= 0.3 is 11.8 Å². The standard InChI is InChI=1S/C7H6N2O4/c1-7(6(10)11)2-3-8-5(4-7)9(12)13/h4,8H,1H3,(H,10,11)/t7-/m0/s1. The highest BCUT2D eigenvalue weighted by molar-refractivity contribution is 5.81. The van der Waals surface area contributed by atoms with Crippen LogP contribution < -0.4 is 5.32 Å². The minimum atomic E-state index is -1.48. The highest BCUT2D eigenvalue weighted by atomic mass is 16.6. The van der Waals surface area contributed by atoms with Crippen LogP contribution in [0.15, 0.2) is 11.9 Å². The molecule has 6 heteroatoms. The van der Waals surface area contributed by atoms with E-state index in [0.717, 1.165) is 6.08 Å². The summed E-state index contributed by atoms with van der Waals surface area (Å²) >= 11 is 0. The lowest BCUT2D eigenvalue weighted by Gasteiger charge is -2.14. The molecule has 0 unspecified atom stereocenters.